The van der Waals surface area contributed by atoms with Crippen molar-refractivity contribution in [3.63, 3.8) is 0 Å². The summed E-state index contributed by atoms with van der Waals surface area (Å²) in [5.74, 6) is -1.41. The molecule has 0 heterocycles. The summed E-state index contributed by atoms with van der Waals surface area (Å²) >= 11 is 0. The van der Waals surface area contributed by atoms with Crippen LogP contribution in [0.2, 0.25) is 0 Å². The van der Waals surface area contributed by atoms with Gasteiger partial charge in [0, 0.05) is 0 Å². The zero-order valence-electron chi connectivity index (χ0n) is 9.36. The third-order valence-electron chi connectivity index (χ3n) is 1.71. The second-order valence-electron chi connectivity index (χ2n) is 3.28. The van der Waals surface area contributed by atoms with Crippen molar-refractivity contribution in [2.24, 2.45) is 0 Å². The Bertz CT molecular complexity index is 212. The summed E-state index contributed by atoms with van der Waals surface area (Å²) in [6.45, 7) is 4.99. The highest BCUT2D eigenvalue weighted by molar-refractivity contribution is 5.80. The van der Waals surface area contributed by atoms with Gasteiger partial charge in [0.25, 0.3) is 0 Å². The van der Waals surface area contributed by atoms with Gasteiger partial charge in [-0.3, -0.25) is 0 Å². The van der Waals surface area contributed by atoms with Crippen LogP contribution in [0.3, 0.4) is 0 Å². The van der Waals surface area contributed by atoms with Crippen molar-refractivity contribution in [2.45, 2.75) is 45.8 Å². The van der Waals surface area contributed by atoms with Crippen LogP contribution in [0.25, 0.3) is 0 Å². The molecule has 0 amide bonds. The summed E-state index contributed by atoms with van der Waals surface area (Å²) in [4.78, 5) is 22.1. The van der Waals surface area contributed by atoms with Gasteiger partial charge in [-0.05, 0) is 20.3 Å². The lowest BCUT2D eigenvalue weighted by atomic mass is 10.3. The largest absolute Gasteiger partial charge is 0.463 e. The Morgan fingerprint density at radius 2 is 1.87 bits per heavy atom. The molecule has 0 aromatic carbocycles. The fraction of sp³-hybridized carbons (Fsp3) is 0.800. The second kappa shape index (κ2) is 7.23. The van der Waals surface area contributed by atoms with E-state index in [9.17, 15) is 9.59 Å². The van der Waals surface area contributed by atoms with E-state index in [-0.39, 0.29) is 0 Å². The van der Waals surface area contributed by atoms with Gasteiger partial charge in [0.1, 0.15) is 6.10 Å². The Morgan fingerprint density at radius 1 is 1.27 bits per heavy atom. The van der Waals surface area contributed by atoms with Crippen LogP contribution in [0.1, 0.15) is 33.6 Å². The molecule has 0 rings (SSSR count). The predicted octanol–water partition coefficient (Wildman–Crippen LogP) is 0.642. The van der Waals surface area contributed by atoms with E-state index in [1.165, 1.54) is 13.8 Å². The Balaban J connectivity index is 3.83. The van der Waals surface area contributed by atoms with E-state index >= 15 is 0 Å². The van der Waals surface area contributed by atoms with Crippen LogP contribution >= 0.6 is 0 Å². The SMILES string of the molecule is CCCCOC(=O)[C@@H](C)OC(=O)[C@H](C)O. The molecule has 5 nitrogen and oxygen atoms in total. The monoisotopic (exact) mass is 218 g/mol. The minimum atomic E-state index is -1.23. The summed E-state index contributed by atoms with van der Waals surface area (Å²) in [7, 11) is 0. The molecule has 2 atom stereocenters. The standard InChI is InChI=1S/C10H18O5/c1-4-5-6-14-10(13)8(3)15-9(12)7(2)11/h7-8,11H,4-6H2,1-3H3/t7-,8+/m0/s1. The quantitative estimate of drug-likeness (QED) is 0.523. The van der Waals surface area contributed by atoms with Gasteiger partial charge in [-0.25, -0.2) is 9.59 Å². The van der Waals surface area contributed by atoms with Crippen LogP contribution in [0, 0.1) is 0 Å². The number of unbranched alkanes of at least 4 members (excludes halogenated alkanes) is 1. The Labute approximate surface area is 89.4 Å². The number of carbonyl (C=O) groups is 2. The van der Waals surface area contributed by atoms with Gasteiger partial charge in [0.05, 0.1) is 6.61 Å². The molecule has 0 bridgehead atoms. The lowest BCUT2D eigenvalue weighted by Crippen LogP contribution is -2.30. The van der Waals surface area contributed by atoms with E-state index in [1.807, 2.05) is 6.92 Å². The number of aliphatic hydroxyl groups is 1. The molecule has 88 valence electrons. The number of ether oxygens (including phenoxy) is 2. The van der Waals surface area contributed by atoms with Crippen molar-refractivity contribution >= 4 is 11.9 Å². The average Bonchev–Trinajstić information content (AvgIpc) is 2.17. The maximum atomic E-state index is 11.2. The van der Waals surface area contributed by atoms with Crippen molar-refractivity contribution in [3.05, 3.63) is 0 Å². The van der Waals surface area contributed by atoms with Crippen LogP contribution in [0.4, 0.5) is 0 Å². The topological polar surface area (TPSA) is 72.8 Å². The number of aliphatic hydroxyl groups excluding tert-OH is 1. The third kappa shape index (κ3) is 6.06. The molecule has 0 saturated heterocycles. The van der Waals surface area contributed by atoms with Crippen LogP contribution < -0.4 is 0 Å². The van der Waals surface area contributed by atoms with Crippen LogP contribution in [0.15, 0.2) is 0 Å². The third-order valence-corrected chi connectivity index (χ3v) is 1.71. The lowest BCUT2D eigenvalue weighted by Gasteiger charge is -2.13. The van der Waals surface area contributed by atoms with Crippen LogP contribution in [-0.4, -0.2) is 35.9 Å². The normalized spacial score (nSPS) is 14.1. The highest BCUT2D eigenvalue weighted by Gasteiger charge is 2.21. The number of hydrogen-bond donors (Lipinski definition) is 1. The first-order valence-electron chi connectivity index (χ1n) is 5.04. The number of carbonyl (C=O) groups excluding carboxylic acids is 2. The molecule has 0 aliphatic rings. The zero-order valence-corrected chi connectivity index (χ0v) is 9.36. The van der Waals surface area contributed by atoms with Crippen molar-refractivity contribution in [1.82, 2.24) is 0 Å². The fourth-order valence-electron chi connectivity index (χ4n) is 0.755. The molecular formula is C10H18O5. The summed E-state index contributed by atoms with van der Waals surface area (Å²) in [6, 6.07) is 0. The number of esters is 2. The van der Waals surface area contributed by atoms with E-state index in [1.54, 1.807) is 0 Å². The summed E-state index contributed by atoms with van der Waals surface area (Å²) in [5.41, 5.74) is 0. The minimum Gasteiger partial charge on any atom is -0.463 e. The fourth-order valence-corrected chi connectivity index (χ4v) is 0.755. The molecule has 0 unspecified atom stereocenters. The van der Waals surface area contributed by atoms with Gasteiger partial charge >= 0.3 is 11.9 Å². The van der Waals surface area contributed by atoms with Gasteiger partial charge in [0.2, 0.25) is 0 Å². The molecule has 0 spiro atoms. The highest BCUT2D eigenvalue weighted by Crippen LogP contribution is 1.99. The summed E-state index contributed by atoms with van der Waals surface area (Å²) in [6.07, 6.45) is -0.488. The molecule has 0 aliphatic carbocycles. The summed E-state index contributed by atoms with van der Waals surface area (Å²) < 4.78 is 9.47. The van der Waals surface area contributed by atoms with Gasteiger partial charge < -0.3 is 14.6 Å². The van der Waals surface area contributed by atoms with E-state index in [4.69, 9.17) is 9.84 Å². The number of rotatable bonds is 6. The molecule has 5 heteroatoms. The van der Waals surface area contributed by atoms with Crippen LogP contribution in [-0.2, 0) is 19.1 Å². The summed E-state index contributed by atoms with van der Waals surface area (Å²) in [5, 5.41) is 8.84. The Kier molecular flexibility index (Phi) is 6.70. The zero-order chi connectivity index (χ0) is 11.8. The van der Waals surface area contributed by atoms with Gasteiger partial charge in [-0.1, -0.05) is 13.3 Å². The van der Waals surface area contributed by atoms with Crippen molar-refractivity contribution in [2.75, 3.05) is 6.61 Å². The first-order chi connectivity index (χ1) is 6.99. The smallest absolute Gasteiger partial charge is 0.347 e. The first-order valence-corrected chi connectivity index (χ1v) is 5.04. The van der Waals surface area contributed by atoms with E-state index in [0.29, 0.717) is 6.61 Å². The molecule has 1 N–H and O–H groups in total. The Hall–Kier alpha value is -1.10. The molecule has 0 aliphatic heterocycles. The first kappa shape index (κ1) is 13.9. The second-order valence-corrected chi connectivity index (χ2v) is 3.28. The van der Waals surface area contributed by atoms with E-state index < -0.39 is 24.1 Å². The maximum absolute atomic E-state index is 11.2. The van der Waals surface area contributed by atoms with Crippen molar-refractivity contribution in [1.29, 1.82) is 0 Å². The van der Waals surface area contributed by atoms with E-state index in [0.717, 1.165) is 12.8 Å². The van der Waals surface area contributed by atoms with Gasteiger partial charge in [-0.2, -0.15) is 0 Å². The average molecular weight is 218 g/mol. The minimum absolute atomic E-state index is 0.325. The maximum Gasteiger partial charge on any atom is 0.347 e. The van der Waals surface area contributed by atoms with E-state index in [2.05, 4.69) is 4.74 Å². The van der Waals surface area contributed by atoms with Crippen LogP contribution in [0.5, 0.6) is 0 Å². The van der Waals surface area contributed by atoms with Crippen molar-refractivity contribution < 1.29 is 24.2 Å². The molecule has 0 saturated carbocycles. The lowest BCUT2D eigenvalue weighted by molar-refractivity contribution is -0.171. The number of hydrogen-bond acceptors (Lipinski definition) is 5. The molecule has 0 aromatic heterocycles. The molecule has 0 fully saturated rings. The Morgan fingerprint density at radius 3 is 2.33 bits per heavy atom. The molecule has 0 radical (unpaired) electrons. The van der Waals surface area contributed by atoms with Gasteiger partial charge in [-0.15, -0.1) is 0 Å². The molecule has 15 heavy (non-hydrogen) atoms. The molecule has 0 aromatic rings. The highest BCUT2D eigenvalue weighted by atomic mass is 16.6. The van der Waals surface area contributed by atoms with Crippen molar-refractivity contribution in [3.8, 4) is 0 Å². The molecular weight excluding hydrogens is 200 g/mol. The predicted molar refractivity (Wildman–Crippen MR) is 53.1 cm³/mol. The van der Waals surface area contributed by atoms with Gasteiger partial charge in [0.15, 0.2) is 6.10 Å².